The van der Waals surface area contributed by atoms with Gasteiger partial charge in [0.2, 0.25) is 0 Å². The summed E-state index contributed by atoms with van der Waals surface area (Å²) >= 11 is 0. The quantitative estimate of drug-likeness (QED) is 0.369. The minimum Gasteiger partial charge on any atom is -0.399 e. The third kappa shape index (κ3) is 1.75. The van der Waals surface area contributed by atoms with E-state index < -0.39 is 5.91 Å². The Morgan fingerprint density at radius 3 is 3.13 bits per heavy atom. The summed E-state index contributed by atoms with van der Waals surface area (Å²) in [5, 5.41) is 13.3. The van der Waals surface area contributed by atoms with Gasteiger partial charge < -0.3 is 5.73 Å². The molecular weight excluding hydrogens is 196 g/mol. The standard InChI is InChI=1S/C9H10N4O2/c10-7-2-1-6-4-11-13(8(6)3-7)5-9(14)12-15/h1-4,15H,5,10H2,(H,12,14). The molecule has 78 valence electrons. The molecule has 0 spiro atoms. The van der Waals surface area contributed by atoms with Gasteiger partial charge in [0.25, 0.3) is 5.91 Å². The fraction of sp³-hybridized carbons (Fsp3) is 0.111. The maximum absolute atomic E-state index is 11.0. The second-order valence-corrected chi connectivity index (χ2v) is 3.16. The van der Waals surface area contributed by atoms with Crippen molar-refractivity contribution >= 4 is 22.5 Å². The van der Waals surface area contributed by atoms with Gasteiger partial charge in [-0.15, -0.1) is 0 Å². The van der Waals surface area contributed by atoms with Gasteiger partial charge in [0, 0.05) is 11.1 Å². The topological polar surface area (TPSA) is 93.2 Å². The molecule has 1 aromatic carbocycles. The Balaban J connectivity index is 2.43. The number of anilines is 1. The van der Waals surface area contributed by atoms with Crippen LogP contribution in [0.25, 0.3) is 10.9 Å². The molecule has 1 heterocycles. The summed E-state index contributed by atoms with van der Waals surface area (Å²) < 4.78 is 1.47. The van der Waals surface area contributed by atoms with Crippen LogP contribution in [0.5, 0.6) is 0 Å². The molecule has 0 aliphatic heterocycles. The molecule has 6 heteroatoms. The third-order valence-electron chi connectivity index (χ3n) is 2.09. The first-order valence-electron chi connectivity index (χ1n) is 4.34. The number of rotatable bonds is 2. The number of carbonyl (C=O) groups is 1. The minimum absolute atomic E-state index is 0.0382. The van der Waals surface area contributed by atoms with Crippen molar-refractivity contribution in [2.45, 2.75) is 6.54 Å². The number of benzene rings is 1. The number of nitrogens with two attached hydrogens (primary N) is 1. The van der Waals surface area contributed by atoms with Gasteiger partial charge in [-0.2, -0.15) is 5.10 Å². The number of hydrogen-bond donors (Lipinski definition) is 3. The molecule has 0 bridgehead atoms. The largest absolute Gasteiger partial charge is 0.399 e. The van der Waals surface area contributed by atoms with Crippen LogP contribution in [0, 0.1) is 0 Å². The highest BCUT2D eigenvalue weighted by molar-refractivity contribution is 5.83. The van der Waals surface area contributed by atoms with Gasteiger partial charge in [0.05, 0.1) is 11.7 Å². The lowest BCUT2D eigenvalue weighted by atomic mass is 10.2. The van der Waals surface area contributed by atoms with Crippen molar-refractivity contribution in [2.24, 2.45) is 0 Å². The van der Waals surface area contributed by atoms with Crippen LogP contribution in [-0.4, -0.2) is 20.9 Å². The summed E-state index contributed by atoms with van der Waals surface area (Å²) in [6, 6.07) is 5.32. The van der Waals surface area contributed by atoms with Gasteiger partial charge in [-0.25, -0.2) is 5.48 Å². The number of nitrogen functional groups attached to an aromatic ring is 1. The Morgan fingerprint density at radius 2 is 2.40 bits per heavy atom. The number of amides is 1. The fourth-order valence-corrected chi connectivity index (χ4v) is 1.38. The molecule has 15 heavy (non-hydrogen) atoms. The van der Waals surface area contributed by atoms with Crippen LogP contribution in [0.1, 0.15) is 0 Å². The number of hydrogen-bond acceptors (Lipinski definition) is 4. The first-order chi connectivity index (χ1) is 7.20. The van der Waals surface area contributed by atoms with Crippen molar-refractivity contribution in [3.63, 3.8) is 0 Å². The molecular formula is C9H10N4O2. The smallest absolute Gasteiger partial charge is 0.265 e. The number of nitrogens with one attached hydrogen (secondary N) is 1. The Morgan fingerprint density at radius 1 is 1.60 bits per heavy atom. The van der Waals surface area contributed by atoms with Crippen molar-refractivity contribution in [1.82, 2.24) is 15.3 Å². The van der Waals surface area contributed by atoms with E-state index in [2.05, 4.69) is 5.10 Å². The van der Waals surface area contributed by atoms with Crippen molar-refractivity contribution in [1.29, 1.82) is 0 Å². The zero-order chi connectivity index (χ0) is 10.8. The van der Waals surface area contributed by atoms with Crippen LogP contribution < -0.4 is 11.2 Å². The predicted octanol–water partition coefficient (Wildman–Crippen LogP) is 0.124. The summed E-state index contributed by atoms with van der Waals surface area (Å²) in [5.74, 6) is -0.526. The van der Waals surface area contributed by atoms with Crippen LogP contribution >= 0.6 is 0 Å². The molecule has 0 radical (unpaired) electrons. The average molecular weight is 206 g/mol. The van der Waals surface area contributed by atoms with Crippen molar-refractivity contribution in [3.05, 3.63) is 24.4 Å². The highest BCUT2D eigenvalue weighted by atomic mass is 16.5. The zero-order valence-corrected chi connectivity index (χ0v) is 7.84. The summed E-state index contributed by atoms with van der Waals surface area (Å²) in [6.45, 7) is -0.0382. The lowest BCUT2D eigenvalue weighted by molar-refractivity contribution is -0.129. The number of aromatic nitrogens is 2. The molecule has 6 nitrogen and oxygen atoms in total. The van der Waals surface area contributed by atoms with Crippen molar-refractivity contribution in [2.75, 3.05) is 5.73 Å². The highest BCUT2D eigenvalue weighted by Crippen LogP contribution is 2.16. The lowest BCUT2D eigenvalue weighted by Crippen LogP contribution is -2.24. The summed E-state index contributed by atoms with van der Waals surface area (Å²) in [4.78, 5) is 11.0. The molecule has 0 fully saturated rings. The SMILES string of the molecule is Nc1ccc2cnn(CC(=O)NO)c2c1. The molecule has 1 aromatic heterocycles. The van der Waals surface area contributed by atoms with E-state index >= 15 is 0 Å². The first kappa shape index (κ1) is 9.47. The van der Waals surface area contributed by atoms with Crippen molar-refractivity contribution < 1.29 is 10.0 Å². The van der Waals surface area contributed by atoms with Crippen LogP contribution in [0.2, 0.25) is 0 Å². The monoisotopic (exact) mass is 206 g/mol. The molecule has 0 saturated heterocycles. The Labute approximate surface area is 85.2 Å². The molecule has 0 saturated carbocycles. The van der Waals surface area contributed by atoms with Gasteiger partial charge in [0.15, 0.2) is 0 Å². The maximum atomic E-state index is 11.0. The first-order valence-corrected chi connectivity index (χ1v) is 4.34. The fourth-order valence-electron chi connectivity index (χ4n) is 1.38. The molecule has 2 rings (SSSR count). The van der Waals surface area contributed by atoms with E-state index in [0.29, 0.717) is 5.69 Å². The van der Waals surface area contributed by atoms with Gasteiger partial charge >= 0.3 is 0 Å². The summed E-state index contributed by atoms with van der Waals surface area (Å²) in [7, 11) is 0. The second kappa shape index (κ2) is 3.58. The van der Waals surface area contributed by atoms with Crippen molar-refractivity contribution in [3.8, 4) is 0 Å². The molecule has 0 atom stereocenters. The summed E-state index contributed by atoms with van der Waals surface area (Å²) in [6.07, 6.45) is 1.64. The lowest BCUT2D eigenvalue weighted by Gasteiger charge is -2.01. The van der Waals surface area contributed by atoms with Crippen LogP contribution in [-0.2, 0) is 11.3 Å². The molecule has 0 unspecified atom stereocenters. The van der Waals surface area contributed by atoms with E-state index in [9.17, 15) is 4.79 Å². The molecule has 4 N–H and O–H groups in total. The molecule has 0 aliphatic carbocycles. The van der Waals surface area contributed by atoms with Crippen LogP contribution in [0.4, 0.5) is 5.69 Å². The Bertz CT molecular complexity index is 506. The minimum atomic E-state index is -0.526. The van der Waals surface area contributed by atoms with E-state index in [0.717, 1.165) is 10.9 Å². The molecule has 1 amide bonds. The van der Waals surface area contributed by atoms with E-state index in [1.54, 1.807) is 23.8 Å². The van der Waals surface area contributed by atoms with Gasteiger partial charge in [-0.3, -0.25) is 14.7 Å². The highest BCUT2D eigenvalue weighted by Gasteiger charge is 2.06. The molecule has 0 aliphatic rings. The number of nitrogens with zero attached hydrogens (tertiary/aromatic N) is 2. The van der Waals surface area contributed by atoms with E-state index in [1.807, 2.05) is 6.07 Å². The number of carbonyl (C=O) groups excluding carboxylic acids is 1. The Kier molecular flexibility index (Phi) is 2.26. The van der Waals surface area contributed by atoms with E-state index in [-0.39, 0.29) is 6.54 Å². The number of fused-ring (bicyclic) bond motifs is 1. The molecule has 2 aromatic rings. The predicted molar refractivity (Wildman–Crippen MR) is 54.1 cm³/mol. The number of hydroxylamine groups is 1. The Hall–Kier alpha value is -2.08. The van der Waals surface area contributed by atoms with E-state index in [4.69, 9.17) is 10.9 Å². The van der Waals surface area contributed by atoms with Gasteiger partial charge in [-0.05, 0) is 18.2 Å². The zero-order valence-electron chi connectivity index (χ0n) is 7.84. The normalized spacial score (nSPS) is 10.5. The summed E-state index contributed by atoms with van der Waals surface area (Å²) in [5.41, 5.74) is 8.54. The van der Waals surface area contributed by atoms with Gasteiger partial charge in [-0.1, -0.05) is 0 Å². The van der Waals surface area contributed by atoms with Crippen LogP contribution in [0.3, 0.4) is 0 Å². The maximum Gasteiger partial charge on any atom is 0.265 e. The van der Waals surface area contributed by atoms with E-state index in [1.165, 1.54) is 4.68 Å². The van der Waals surface area contributed by atoms with Crippen LogP contribution in [0.15, 0.2) is 24.4 Å². The third-order valence-corrected chi connectivity index (χ3v) is 2.09. The van der Waals surface area contributed by atoms with Gasteiger partial charge in [0.1, 0.15) is 6.54 Å². The average Bonchev–Trinajstić information content (AvgIpc) is 2.61. The second-order valence-electron chi connectivity index (χ2n) is 3.16.